The summed E-state index contributed by atoms with van der Waals surface area (Å²) in [5.41, 5.74) is 9.24. The number of aromatic nitrogens is 6. The maximum Gasteiger partial charge on any atom is 0.265 e. The van der Waals surface area contributed by atoms with Crippen molar-refractivity contribution in [1.29, 1.82) is 0 Å². The summed E-state index contributed by atoms with van der Waals surface area (Å²) in [5.74, 6) is 0.580. The Labute approximate surface area is 205 Å². The van der Waals surface area contributed by atoms with Crippen molar-refractivity contribution in [1.82, 2.24) is 29.3 Å². The Morgan fingerprint density at radius 2 is 1.97 bits per heavy atom. The molecule has 1 aliphatic rings. The highest BCUT2D eigenvalue weighted by molar-refractivity contribution is 5.83. The van der Waals surface area contributed by atoms with Gasteiger partial charge >= 0.3 is 0 Å². The number of aryl methyl sites for hydroxylation is 1. The Hall–Kier alpha value is -4.60. The van der Waals surface area contributed by atoms with Crippen LogP contribution in [0.1, 0.15) is 29.9 Å². The summed E-state index contributed by atoms with van der Waals surface area (Å²) in [6.07, 6.45) is 7.24. The van der Waals surface area contributed by atoms with Crippen molar-refractivity contribution in [2.75, 3.05) is 11.1 Å². The quantitative estimate of drug-likeness (QED) is 0.385. The van der Waals surface area contributed by atoms with Crippen LogP contribution in [-0.2, 0) is 7.05 Å². The summed E-state index contributed by atoms with van der Waals surface area (Å²) in [4.78, 5) is 26.4. The molecule has 6 rings (SSSR count). The van der Waals surface area contributed by atoms with Gasteiger partial charge in [-0.25, -0.2) is 4.39 Å². The lowest BCUT2D eigenvalue weighted by molar-refractivity contribution is 0.635. The van der Waals surface area contributed by atoms with Crippen molar-refractivity contribution in [3.05, 3.63) is 82.3 Å². The molecule has 36 heavy (non-hydrogen) atoms. The summed E-state index contributed by atoms with van der Waals surface area (Å²) in [6, 6.07) is 10.7. The number of nitrogens with zero attached hydrogens (tertiary/aromatic N) is 6. The van der Waals surface area contributed by atoms with Crippen LogP contribution < -0.4 is 16.6 Å². The zero-order valence-corrected chi connectivity index (χ0v) is 19.7. The second-order valence-corrected chi connectivity index (χ2v) is 9.05. The SMILES string of the molecule is Cc1c(-c2nc(N)nc(Nc3cnn(C)c3)n2)cccc1-n1ccc2cc(C3CC3)cc(F)c2c1=O. The molecule has 0 amide bonds. The maximum absolute atomic E-state index is 15.0. The molecule has 3 aromatic heterocycles. The highest BCUT2D eigenvalue weighted by atomic mass is 19.1. The van der Waals surface area contributed by atoms with Crippen molar-refractivity contribution >= 4 is 28.4 Å². The van der Waals surface area contributed by atoms with Gasteiger partial charge in [0.2, 0.25) is 11.9 Å². The molecule has 1 saturated carbocycles. The third-order valence-electron chi connectivity index (χ3n) is 6.45. The molecule has 3 N–H and O–H groups in total. The lowest BCUT2D eigenvalue weighted by atomic mass is 10.0. The summed E-state index contributed by atoms with van der Waals surface area (Å²) >= 11 is 0. The van der Waals surface area contributed by atoms with Gasteiger partial charge in [0.1, 0.15) is 5.82 Å². The van der Waals surface area contributed by atoms with E-state index >= 15 is 4.39 Å². The second kappa shape index (κ2) is 8.26. The second-order valence-electron chi connectivity index (χ2n) is 9.05. The molecule has 0 unspecified atom stereocenters. The molecule has 0 radical (unpaired) electrons. The van der Waals surface area contributed by atoms with Gasteiger partial charge in [-0.1, -0.05) is 18.2 Å². The molecular formula is C26H23FN8O. The topological polar surface area (TPSA) is 117 Å². The molecule has 1 aliphatic carbocycles. The van der Waals surface area contributed by atoms with Crippen LogP contribution in [0.4, 0.5) is 22.0 Å². The molecule has 0 bridgehead atoms. The highest BCUT2D eigenvalue weighted by Crippen LogP contribution is 2.41. The van der Waals surface area contributed by atoms with Gasteiger partial charge in [0.25, 0.3) is 5.56 Å². The van der Waals surface area contributed by atoms with Crippen LogP contribution in [0.5, 0.6) is 0 Å². The van der Waals surface area contributed by atoms with E-state index in [9.17, 15) is 4.79 Å². The fourth-order valence-electron chi connectivity index (χ4n) is 4.50. The predicted molar refractivity (Wildman–Crippen MR) is 136 cm³/mol. The first-order valence-corrected chi connectivity index (χ1v) is 11.6. The first kappa shape index (κ1) is 21.9. The minimum absolute atomic E-state index is 0.0487. The summed E-state index contributed by atoms with van der Waals surface area (Å²) in [7, 11) is 1.81. The van der Waals surface area contributed by atoms with Gasteiger partial charge in [0, 0.05) is 25.0 Å². The number of nitrogens with one attached hydrogen (secondary N) is 1. The number of halogens is 1. The Morgan fingerprint density at radius 1 is 1.14 bits per heavy atom. The highest BCUT2D eigenvalue weighted by Gasteiger charge is 2.25. The molecule has 0 atom stereocenters. The standard InChI is InChI=1S/C26H23FN8O/c1-14-19(23-31-25(28)33-26(32-23)30-18-12-29-34(2)13-18)4-3-5-21(14)35-9-8-16-10-17(15-6-7-15)11-20(27)22(16)24(35)36/h3-5,8-13,15H,6-7H2,1-2H3,(H3,28,30,31,32,33). The number of anilines is 3. The first-order chi connectivity index (χ1) is 17.4. The van der Waals surface area contributed by atoms with E-state index in [1.165, 1.54) is 10.6 Å². The predicted octanol–water partition coefficient (Wildman–Crippen LogP) is 4.23. The summed E-state index contributed by atoms with van der Waals surface area (Å²) < 4.78 is 18.1. The molecule has 10 heteroatoms. The van der Waals surface area contributed by atoms with E-state index in [-0.39, 0.29) is 17.3 Å². The molecule has 0 spiro atoms. The minimum atomic E-state index is -0.487. The first-order valence-electron chi connectivity index (χ1n) is 11.6. The average molecular weight is 483 g/mol. The molecule has 9 nitrogen and oxygen atoms in total. The van der Waals surface area contributed by atoms with Gasteiger partial charge in [-0.3, -0.25) is 14.0 Å². The van der Waals surface area contributed by atoms with E-state index in [0.29, 0.717) is 34.1 Å². The number of benzene rings is 2. The lowest BCUT2D eigenvalue weighted by Gasteiger charge is -2.14. The van der Waals surface area contributed by atoms with Crippen molar-refractivity contribution in [3.8, 4) is 17.1 Å². The van der Waals surface area contributed by atoms with E-state index in [1.807, 2.05) is 25.1 Å². The molecule has 2 aromatic carbocycles. The van der Waals surface area contributed by atoms with E-state index < -0.39 is 11.4 Å². The number of hydrogen-bond acceptors (Lipinski definition) is 7. The number of pyridine rings is 1. The minimum Gasteiger partial charge on any atom is -0.368 e. The van der Waals surface area contributed by atoms with Gasteiger partial charge in [-0.15, -0.1) is 0 Å². The van der Waals surface area contributed by atoms with Crippen molar-refractivity contribution in [2.45, 2.75) is 25.7 Å². The van der Waals surface area contributed by atoms with Gasteiger partial charge in [0.15, 0.2) is 5.82 Å². The lowest BCUT2D eigenvalue weighted by Crippen LogP contribution is -2.20. The Kier molecular flexibility index (Phi) is 5.03. The van der Waals surface area contributed by atoms with Gasteiger partial charge in [-0.05, 0) is 60.4 Å². The number of rotatable bonds is 5. The van der Waals surface area contributed by atoms with Crippen LogP contribution in [0.3, 0.4) is 0 Å². The molecule has 0 saturated heterocycles. The van der Waals surface area contributed by atoms with Crippen LogP contribution in [0.15, 0.2) is 59.8 Å². The molecule has 0 aliphatic heterocycles. The summed E-state index contributed by atoms with van der Waals surface area (Å²) in [5, 5.41) is 7.89. The molecule has 3 heterocycles. The van der Waals surface area contributed by atoms with Gasteiger partial charge in [-0.2, -0.15) is 20.1 Å². The third-order valence-corrected chi connectivity index (χ3v) is 6.45. The van der Waals surface area contributed by atoms with Gasteiger partial charge in [0.05, 0.1) is 23.0 Å². The zero-order chi connectivity index (χ0) is 25.0. The van der Waals surface area contributed by atoms with Crippen LogP contribution in [-0.4, -0.2) is 29.3 Å². The fraction of sp³-hybridized carbons (Fsp3) is 0.192. The van der Waals surface area contributed by atoms with Crippen LogP contribution in [0, 0.1) is 12.7 Å². The zero-order valence-electron chi connectivity index (χ0n) is 19.7. The van der Waals surface area contributed by atoms with Crippen molar-refractivity contribution in [2.24, 2.45) is 7.05 Å². The smallest absolute Gasteiger partial charge is 0.265 e. The average Bonchev–Trinajstić information content (AvgIpc) is 3.61. The van der Waals surface area contributed by atoms with E-state index in [4.69, 9.17) is 5.73 Å². The molecular weight excluding hydrogens is 459 g/mol. The monoisotopic (exact) mass is 482 g/mol. The number of nitrogen functional groups attached to an aromatic ring is 1. The van der Waals surface area contributed by atoms with E-state index in [1.54, 1.807) is 42.5 Å². The van der Waals surface area contributed by atoms with Crippen LogP contribution >= 0.6 is 0 Å². The van der Waals surface area contributed by atoms with E-state index in [0.717, 1.165) is 24.0 Å². The normalized spacial score (nSPS) is 13.3. The van der Waals surface area contributed by atoms with Crippen LogP contribution in [0.2, 0.25) is 0 Å². The van der Waals surface area contributed by atoms with Crippen LogP contribution in [0.25, 0.3) is 27.8 Å². The Morgan fingerprint density at radius 3 is 2.72 bits per heavy atom. The van der Waals surface area contributed by atoms with Crippen molar-refractivity contribution < 1.29 is 4.39 Å². The number of fused-ring (bicyclic) bond motifs is 1. The number of nitrogens with two attached hydrogens (primary N) is 1. The third kappa shape index (κ3) is 3.86. The molecule has 1 fully saturated rings. The number of hydrogen-bond donors (Lipinski definition) is 2. The Balaban J connectivity index is 1.43. The fourth-order valence-corrected chi connectivity index (χ4v) is 4.50. The Bertz CT molecular complexity index is 1700. The van der Waals surface area contributed by atoms with E-state index in [2.05, 4.69) is 25.4 Å². The molecule has 180 valence electrons. The maximum atomic E-state index is 15.0. The van der Waals surface area contributed by atoms with Crippen molar-refractivity contribution in [3.63, 3.8) is 0 Å². The summed E-state index contributed by atoms with van der Waals surface area (Å²) in [6.45, 7) is 1.86. The largest absolute Gasteiger partial charge is 0.368 e. The van der Waals surface area contributed by atoms with Gasteiger partial charge < -0.3 is 11.1 Å². The molecule has 5 aromatic rings.